The first-order chi connectivity index (χ1) is 4.97. The zero-order chi connectivity index (χ0) is 6.81. The number of nitrogens with zero attached hydrogens (tertiary/aromatic N) is 2. The smallest absolute Gasteiger partial charge is 0.141 e. The molecule has 10 heavy (non-hydrogen) atoms. The Morgan fingerprint density at radius 1 is 1.70 bits per heavy atom. The van der Waals surface area contributed by atoms with Crippen molar-refractivity contribution in [1.29, 1.82) is 0 Å². The van der Waals surface area contributed by atoms with Gasteiger partial charge >= 0.3 is 0 Å². The first-order valence-electron chi connectivity index (χ1n) is 3.11. The van der Waals surface area contributed by atoms with Crippen LogP contribution in [0.25, 0.3) is 0 Å². The van der Waals surface area contributed by atoms with Crippen molar-refractivity contribution < 1.29 is 9.78 Å². The van der Waals surface area contributed by atoms with Crippen LogP contribution in [-0.4, -0.2) is 22.0 Å². The highest BCUT2D eigenvalue weighted by atomic mass is 17.2. The summed E-state index contributed by atoms with van der Waals surface area (Å²) in [6.07, 6.45) is 2.53. The summed E-state index contributed by atoms with van der Waals surface area (Å²) in [6.45, 7) is 0.636. The molecule has 2 rings (SSSR count). The predicted octanol–water partition coefficient (Wildman–Crippen LogP) is 0.198. The Kier molecular flexibility index (Phi) is 1.37. The number of rotatable bonds is 1. The van der Waals surface area contributed by atoms with Gasteiger partial charge in [0.05, 0.1) is 6.61 Å². The minimum absolute atomic E-state index is 0.0289. The Labute approximate surface area is 57.3 Å². The minimum Gasteiger partial charge on any atom is -0.265 e. The highest BCUT2D eigenvalue weighted by molar-refractivity contribution is 4.96. The molecule has 1 atom stereocenters. The third-order valence-electron chi connectivity index (χ3n) is 1.41. The van der Waals surface area contributed by atoms with E-state index in [0.29, 0.717) is 6.61 Å². The number of H-pyrrole nitrogens is 1. The molecular formula is C5H7N3O2. The monoisotopic (exact) mass is 141 g/mol. The number of aromatic amines is 1. The summed E-state index contributed by atoms with van der Waals surface area (Å²) in [5, 5.41) is 9.95. The Balaban J connectivity index is 2.12. The molecule has 0 radical (unpaired) electrons. The number of hydrogen-bond donors (Lipinski definition) is 1. The van der Waals surface area contributed by atoms with Crippen molar-refractivity contribution in [3.8, 4) is 0 Å². The van der Waals surface area contributed by atoms with Crippen LogP contribution >= 0.6 is 0 Å². The molecule has 1 aromatic rings. The van der Waals surface area contributed by atoms with Crippen LogP contribution in [0.15, 0.2) is 6.20 Å². The first-order valence-corrected chi connectivity index (χ1v) is 3.11. The highest BCUT2D eigenvalue weighted by Gasteiger charge is 2.21. The van der Waals surface area contributed by atoms with Gasteiger partial charge in [0, 0.05) is 12.6 Å². The van der Waals surface area contributed by atoms with Crippen molar-refractivity contribution in [2.24, 2.45) is 0 Å². The molecule has 54 valence electrons. The topological polar surface area (TPSA) is 60.0 Å². The van der Waals surface area contributed by atoms with Gasteiger partial charge in [-0.1, -0.05) is 5.21 Å². The van der Waals surface area contributed by atoms with Crippen LogP contribution in [0.1, 0.15) is 18.2 Å². The summed E-state index contributed by atoms with van der Waals surface area (Å²) >= 11 is 0. The normalized spacial score (nSPS) is 25.4. The van der Waals surface area contributed by atoms with Crippen molar-refractivity contribution in [2.75, 3.05) is 6.61 Å². The molecule has 0 saturated carbocycles. The van der Waals surface area contributed by atoms with E-state index in [9.17, 15) is 0 Å². The van der Waals surface area contributed by atoms with E-state index in [-0.39, 0.29) is 6.10 Å². The number of aromatic nitrogens is 3. The molecule has 5 nitrogen and oxygen atoms in total. The first kappa shape index (κ1) is 5.82. The largest absolute Gasteiger partial charge is 0.265 e. The summed E-state index contributed by atoms with van der Waals surface area (Å²) in [7, 11) is 0. The molecule has 1 aromatic heterocycles. The van der Waals surface area contributed by atoms with E-state index in [1.165, 1.54) is 0 Å². The second-order valence-corrected chi connectivity index (χ2v) is 2.09. The third-order valence-corrected chi connectivity index (χ3v) is 1.41. The van der Waals surface area contributed by atoms with Gasteiger partial charge in [-0.05, 0) is 0 Å². The number of hydrogen-bond acceptors (Lipinski definition) is 4. The van der Waals surface area contributed by atoms with E-state index >= 15 is 0 Å². The maximum Gasteiger partial charge on any atom is 0.141 e. The molecule has 1 saturated heterocycles. The summed E-state index contributed by atoms with van der Waals surface area (Å²) in [5.74, 6) is 0. The highest BCUT2D eigenvalue weighted by Crippen LogP contribution is 2.23. The van der Waals surface area contributed by atoms with E-state index in [1.807, 2.05) is 0 Å². The molecule has 0 amide bonds. The Hall–Kier alpha value is -0.940. The molecule has 0 bridgehead atoms. The molecule has 5 heteroatoms. The zero-order valence-electron chi connectivity index (χ0n) is 5.28. The van der Waals surface area contributed by atoms with Crippen molar-refractivity contribution >= 4 is 0 Å². The SMILES string of the molecule is c1[nH]nnc1C1CCOO1. The summed E-state index contributed by atoms with van der Waals surface area (Å²) in [6, 6.07) is 0. The van der Waals surface area contributed by atoms with E-state index < -0.39 is 0 Å². The average Bonchev–Trinajstić information content (AvgIpc) is 2.59. The fraction of sp³-hybridized carbons (Fsp3) is 0.600. The van der Waals surface area contributed by atoms with Gasteiger partial charge in [-0.15, -0.1) is 5.10 Å². The van der Waals surface area contributed by atoms with Gasteiger partial charge in [0.15, 0.2) is 0 Å². The third kappa shape index (κ3) is 0.891. The van der Waals surface area contributed by atoms with Gasteiger partial charge < -0.3 is 0 Å². The lowest BCUT2D eigenvalue weighted by atomic mass is 10.2. The maximum absolute atomic E-state index is 4.87. The maximum atomic E-state index is 4.87. The van der Waals surface area contributed by atoms with Gasteiger partial charge in [0.2, 0.25) is 0 Å². The summed E-state index contributed by atoms with van der Waals surface area (Å²) in [5.41, 5.74) is 0.803. The molecular weight excluding hydrogens is 134 g/mol. The van der Waals surface area contributed by atoms with Crippen LogP contribution in [0, 0.1) is 0 Å². The molecule has 0 aliphatic carbocycles. The molecule has 1 N–H and O–H groups in total. The second kappa shape index (κ2) is 2.36. The van der Waals surface area contributed by atoms with E-state index in [1.54, 1.807) is 6.20 Å². The van der Waals surface area contributed by atoms with E-state index in [4.69, 9.17) is 9.78 Å². The second-order valence-electron chi connectivity index (χ2n) is 2.09. The summed E-state index contributed by atoms with van der Waals surface area (Å²) < 4.78 is 0. The van der Waals surface area contributed by atoms with Crippen molar-refractivity contribution in [1.82, 2.24) is 15.4 Å². The fourth-order valence-corrected chi connectivity index (χ4v) is 0.899. The van der Waals surface area contributed by atoms with Crippen LogP contribution in [0.2, 0.25) is 0 Å². The lowest BCUT2D eigenvalue weighted by molar-refractivity contribution is -0.277. The van der Waals surface area contributed by atoms with Gasteiger partial charge in [-0.2, -0.15) is 0 Å². The Morgan fingerprint density at radius 3 is 3.30 bits per heavy atom. The quantitative estimate of drug-likeness (QED) is 0.567. The molecule has 1 fully saturated rings. The van der Waals surface area contributed by atoms with Crippen molar-refractivity contribution in [3.05, 3.63) is 11.9 Å². The van der Waals surface area contributed by atoms with Crippen LogP contribution < -0.4 is 0 Å². The molecule has 2 heterocycles. The fourth-order valence-electron chi connectivity index (χ4n) is 0.899. The Bertz CT molecular complexity index is 193. The van der Waals surface area contributed by atoms with Crippen molar-refractivity contribution in [3.63, 3.8) is 0 Å². The lowest BCUT2D eigenvalue weighted by Gasteiger charge is -1.98. The van der Waals surface area contributed by atoms with Crippen LogP contribution in [0.4, 0.5) is 0 Å². The molecule has 1 aliphatic heterocycles. The van der Waals surface area contributed by atoms with E-state index in [2.05, 4.69) is 15.4 Å². The average molecular weight is 141 g/mol. The molecule has 1 aliphatic rings. The van der Waals surface area contributed by atoms with Crippen molar-refractivity contribution in [2.45, 2.75) is 12.5 Å². The Morgan fingerprint density at radius 2 is 2.70 bits per heavy atom. The molecule has 0 spiro atoms. The van der Waals surface area contributed by atoms with Gasteiger partial charge in [-0.3, -0.25) is 5.10 Å². The van der Waals surface area contributed by atoms with Gasteiger partial charge in [0.1, 0.15) is 11.8 Å². The minimum atomic E-state index is -0.0289. The van der Waals surface area contributed by atoms with Crippen LogP contribution in [0.3, 0.4) is 0 Å². The van der Waals surface area contributed by atoms with Gasteiger partial charge in [-0.25, -0.2) is 9.78 Å². The molecule has 0 aromatic carbocycles. The zero-order valence-corrected chi connectivity index (χ0v) is 5.28. The lowest BCUT2D eigenvalue weighted by Crippen LogP contribution is -1.94. The molecule has 1 unspecified atom stereocenters. The summed E-state index contributed by atoms with van der Waals surface area (Å²) in [4.78, 5) is 9.57. The predicted molar refractivity (Wildman–Crippen MR) is 30.8 cm³/mol. The van der Waals surface area contributed by atoms with E-state index in [0.717, 1.165) is 12.1 Å². The van der Waals surface area contributed by atoms with Crippen LogP contribution in [-0.2, 0) is 9.78 Å². The standard InChI is InChI=1S/C5H7N3O2/c1-2-9-10-5(1)4-3-6-8-7-4/h3,5H,1-2H2,(H,6,7,8). The van der Waals surface area contributed by atoms with Gasteiger partial charge in [0.25, 0.3) is 0 Å². The number of nitrogens with one attached hydrogen (secondary N) is 1. The van der Waals surface area contributed by atoms with Crippen LogP contribution in [0.5, 0.6) is 0 Å².